The number of nitrogens with zero attached hydrogens (tertiary/aromatic N) is 2. The van der Waals surface area contributed by atoms with Crippen molar-refractivity contribution in [2.24, 2.45) is 0 Å². The second-order valence-electron chi connectivity index (χ2n) is 7.69. The summed E-state index contributed by atoms with van der Waals surface area (Å²) in [4.78, 5) is 22.3. The predicted molar refractivity (Wildman–Crippen MR) is 118 cm³/mol. The first-order valence-electron chi connectivity index (χ1n) is 9.82. The molecule has 0 aliphatic heterocycles. The van der Waals surface area contributed by atoms with Crippen molar-refractivity contribution in [3.05, 3.63) is 63.8 Å². The Balaban J connectivity index is 1.77. The number of nitrogens with one attached hydrogen (secondary N) is 1. The number of pyridine rings is 1. The smallest absolute Gasteiger partial charge is 0.291 e. The lowest BCUT2D eigenvalue weighted by atomic mass is 10.1. The van der Waals surface area contributed by atoms with Gasteiger partial charge in [0.05, 0.1) is 31.5 Å². The molecule has 31 heavy (non-hydrogen) atoms. The first kappa shape index (κ1) is 23.3. The lowest BCUT2D eigenvalue weighted by molar-refractivity contribution is -0.178. The number of benzene rings is 1. The highest BCUT2D eigenvalue weighted by molar-refractivity contribution is 9.10. The van der Waals surface area contributed by atoms with Crippen molar-refractivity contribution in [3.63, 3.8) is 0 Å². The summed E-state index contributed by atoms with van der Waals surface area (Å²) in [6.07, 6.45) is 3.76. The van der Waals surface area contributed by atoms with Gasteiger partial charge in [-0.25, -0.2) is 9.87 Å². The second kappa shape index (κ2) is 9.86. The van der Waals surface area contributed by atoms with E-state index in [2.05, 4.69) is 26.4 Å². The van der Waals surface area contributed by atoms with Crippen LogP contribution in [0.2, 0.25) is 0 Å². The van der Waals surface area contributed by atoms with E-state index in [1.54, 1.807) is 42.9 Å². The minimum absolute atomic E-state index is 0.163. The van der Waals surface area contributed by atoms with Gasteiger partial charge in [-0.1, -0.05) is 12.1 Å². The molecular formula is C22H25BrFN3O4. The molecule has 1 aromatic carbocycles. The molecule has 0 unspecified atom stereocenters. The Morgan fingerprint density at radius 1 is 1.29 bits per heavy atom. The van der Waals surface area contributed by atoms with E-state index in [1.165, 1.54) is 6.07 Å². The van der Waals surface area contributed by atoms with Crippen molar-refractivity contribution in [2.45, 2.75) is 39.5 Å². The number of ether oxygens (including phenoxy) is 1. The lowest BCUT2D eigenvalue weighted by Crippen LogP contribution is -2.28. The van der Waals surface area contributed by atoms with Crippen molar-refractivity contribution in [2.75, 3.05) is 13.2 Å². The van der Waals surface area contributed by atoms with Gasteiger partial charge in [-0.15, -0.1) is 0 Å². The van der Waals surface area contributed by atoms with Crippen LogP contribution >= 0.6 is 15.9 Å². The maximum atomic E-state index is 14.5. The molecule has 0 atom stereocenters. The molecule has 0 fully saturated rings. The molecule has 0 aliphatic carbocycles. The summed E-state index contributed by atoms with van der Waals surface area (Å²) in [5.74, 6) is -2.00. The van der Waals surface area contributed by atoms with Crippen LogP contribution in [0, 0.1) is 12.7 Å². The number of carbonyl (C=O) groups excluding carboxylic acids is 1. The van der Waals surface area contributed by atoms with E-state index in [0.29, 0.717) is 23.2 Å². The number of rotatable bonds is 9. The highest BCUT2D eigenvalue weighted by Crippen LogP contribution is 2.27. The Kier molecular flexibility index (Phi) is 7.42. The summed E-state index contributed by atoms with van der Waals surface area (Å²) in [7, 11) is 0. The molecule has 166 valence electrons. The van der Waals surface area contributed by atoms with Crippen molar-refractivity contribution >= 4 is 32.7 Å². The third-order valence-electron chi connectivity index (χ3n) is 4.56. The van der Waals surface area contributed by atoms with Crippen molar-refractivity contribution in [1.82, 2.24) is 15.0 Å². The minimum atomic E-state index is -1.21. The average Bonchev–Trinajstić information content (AvgIpc) is 3.06. The number of hydrogen-bond acceptors (Lipinski definition) is 5. The quantitative estimate of drug-likeness (QED) is 0.266. The van der Waals surface area contributed by atoms with Gasteiger partial charge < -0.3 is 14.4 Å². The van der Waals surface area contributed by atoms with Gasteiger partial charge in [0, 0.05) is 21.6 Å². The normalized spacial score (nSPS) is 11.8. The van der Waals surface area contributed by atoms with Crippen LogP contribution in [-0.2, 0) is 16.1 Å². The van der Waals surface area contributed by atoms with E-state index in [1.807, 2.05) is 13.0 Å². The Morgan fingerprint density at radius 3 is 2.77 bits per heavy atom. The number of amides is 1. The summed E-state index contributed by atoms with van der Waals surface area (Å²) in [5.41, 5.74) is 4.71. The topological polar surface area (TPSA) is 85.6 Å². The summed E-state index contributed by atoms with van der Waals surface area (Å²) >= 11 is 3.45. The Bertz CT molecular complexity index is 1080. The fourth-order valence-electron chi connectivity index (χ4n) is 3.07. The maximum absolute atomic E-state index is 14.5. The minimum Gasteiger partial charge on any atom is -0.366 e. The van der Waals surface area contributed by atoms with Crippen LogP contribution in [0.3, 0.4) is 0 Å². The molecular weight excluding hydrogens is 469 g/mol. The van der Waals surface area contributed by atoms with Crippen LogP contribution < -0.4 is 5.48 Å². The Morgan fingerprint density at radius 2 is 2.06 bits per heavy atom. The van der Waals surface area contributed by atoms with Crippen molar-refractivity contribution < 1.29 is 23.9 Å². The van der Waals surface area contributed by atoms with Gasteiger partial charge >= 0.3 is 0 Å². The van der Waals surface area contributed by atoms with Gasteiger partial charge in [0.15, 0.2) is 5.79 Å². The fourth-order valence-corrected chi connectivity index (χ4v) is 3.50. The van der Waals surface area contributed by atoms with E-state index in [0.717, 1.165) is 15.4 Å². The van der Waals surface area contributed by atoms with Gasteiger partial charge in [0.2, 0.25) is 0 Å². The zero-order valence-corrected chi connectivity index (χ0v) is 19.2. The summed E-state index contributed by atoms with van der Waals surface area (Å²) in [6, 6.07) is 6.72. The molecule has 3 aromatic rings. The Labute approximate surface area is 188 Å². The average molecular weight is 494 g/mol. The summed E-state index contributed by atoms with van der Waals surface area (Å²) in [6.45, 7) is 5.55. The van der Waals surface area contributed by atoms with Gasteiger partial charge in [-0.05, 0) is 60.8 Å². The molecule has 0 saturated heterocycles. The van der Waals surface area contributed by atoms with Gasteiger partial charge in [-0.2, -0.15) is 0 Å². The predicted octanol–water partition coefficient (Wildman–Crippen LogP) is 4.09. The molecule has 2 heterocycles. The molecule has 2 N–H and O–H groups in total. The Hall–Kier alpha value is -2.33. The van der Waals surface area contributed by atoms with Crippen molar-refractivity contribution in [3.8, 4) is 0 Å². The molecule has 0 saturated carbocycles. The highest BCUT2D eigenvalue weighted by Gasteiger charge is 2.19. The molecule has 9 heteroatoms. The van der Waals surface area contributed by atoms with Crippen LogP contribution in [0.1, 0.15) is 41.9 Å². The van der Waals surface area contributed by atoms with E-state index < -0.39 is 11.7 Å². The molecule has 7 nitrogen and oxygen atoms in total. The number of aliphatic hydroxyl groups is 1. The fraction of sp³-hybridized carbons (Fsp3) is 0.364. The van der Waals surface area contributed by atoms with E-state index in [-0.39, 0.29) is 25.6 Å². The van der Waals surface area contributed by atoms with Crippen LogP contribution in [-0.4, -0.2) is 39.6 Å². The third kappa shape index (κ3) is 6.10. The lowest BCUT2D eigenvalue weighted by Gasteiger charge is -2.17. The number of carbonyl (C=O) groups is 1. The van der Waals surface area contributed by atoms with Crippen LogP contribution in [0.4, 0.5) is 4.39 Å². The zero-order valence-electron chi connectivity index (χ0n) is 17.6. The standard InChI is InChI=1S/C22H25BrFN3O4/c1-14-5-6-15(18(24)9-14)13-27-19(10-16-17(23)11-25-12-20(16)27)21(28)26-31-8-4-7-30-22(2,3)29/h5-6,9-12,29H,4,7-8,13H2,1-3H3,(H,26,28). The van der Waals surface area contributed by atoms with Crippen LogP contribution in [0.5, 0.6) is 0 Å². The largest absolute Gasteiger partial charge is 0.366 e. The summed E-state index contributed by atoms with van der Waals surface area (Å²) in [5, 5.41) is 10.3. The number of fused-ring (bicyclic) bond motifs is 1. The van der Waals surface area contributed by atoms with Crippen molar-refractivity contribution in [1.29, 1.82) is 0 Å². The van der Waals surface area contributed by atoms with E-state index in [9.17, 15) is 14.3 Å². The number of hydrogen-bond donors (Lipinski definition) is 2. The van der Waals surface area contributed by atoms with Gasteiger partial charge in [-0.3, -0.25) is 14.6 Å². The first-order valence-corrected chi connectivity index (χ1v) is 10.6. The van der Waals surface area contributed by atoms with Crippen LogP contribution in [0.25, 0.3) is 10.9 Å². The van der Waals surface area contributed by atoms with Gasteiger partial charge in [0.25, 0.3) is 5.91 Å². The third-order valence-corrected chi connectivity index (χ3v) is 5.19. The second-order valence-corrected chi connectivity index (χ2v) is 8.55. The molecule has 1 amide bonds. The highest BCUT2D eigenvalue weighted by atomic mass is 79.9. The molecule has 0 aliphatic rings. The SMILES string of the molecule is Cc1ccc(Cn2c(C(=O)NOCCCOC(C)(C)O)cc3c(Br)cncc32)c(F)c1. The zero-order chi connectivity index (χ0) is 22.6. The van der Waals surface area contributed by atoms with Gasteiger partial charge in [0.1, 0.15) is 11.5 Å². The molecule has 0 radical (unpaired) electrons. The number of halogens is 2. The monoisotopic (exact) mass is 493 g/mol. The molecule has 3 rings (SSSR count). The van der Waals surface area contributed by atoms with Crippen LogP contribution in [0.15, 0.2) is 41.1 Å². The summed E-state index contributed by atoms with van der Waals surface area (Å²) < 4.78 is 22.1. The molecule has 2 aromatic heterocycles. The number of aromatic nitrogens is 2. The number of hydroxylamine groups is 1. The molecule has 0 bridgehead atoms. The van der Waals surface area contributed by atoms with E-state index in [4.69, 9.17) is 9.57 Å². The van der Waals surface area contributed by atoms with E-state index >= 15 is 0 Å². The molecule has 0 spiro atoms. The first-order chi connectivity index (χ1) is 14.7. The maximum Gasteiger partial charge on any atom is 0.291 e. The number of aryl methyl sites for hydroxylation is 1.